The molecule has 1 saturated heterocycles. The van der Waals surface area contributed by atoms with Crippen LogP contribution in [0.4, 0.5) is 4.39 Å². The molecular formula is C16H17FN2O2S. The number of benzene rings is 1. The Bertz CT molecular complexity index is 589. The van der Waals surface area contributed by atoms with Crippen molar-refractivity contribution in [2.75, 3.05) is 19.0 Å². The Labute approximate surface area is 133 Å². The topological polar surface area (TPSA) is 44.2 Å². The van der Waals surface area contributed by atoms with Gasteiger partial charge in [-0.25, -0.2) is 14.4 Å². The van der Waals surface area contributed by atoms with E-state index in [1.54, 1.807) is 42.4 Å². The normalized spacial score (nSPS) is 16.8. The van der Waals surface area contributed by atoms with Crippen LogP contribution in [0, 0.1) is 5.82 Å². The van der Waals surface area contributed by atoms with Gasteiger partial charge < -0.3 is 9.47 Å². The van der Waals surface area contributed by atoms with Gasteiger partial charge in [-0.1, -0.05) is 23.9 Å². The fourth-order valence-electron chi connectivity index (χ4n) is 2.44. The molecule has 0 aliphatic carbocycles. The zero-order valence-electron chi connectivity index (χ0n) is 12.1. The van der Waals surface area contributed by atoms with Crippen molar-refractivity contribution in [3.8, 4) is 0 Å². The number of hydrogen-bond donors (Lipinski definition) is 0. The van der Waals surface area contributed by atoms with Crippen LogP contribution < -0.4 is 0 Å². The van der Waals surface area contributed by atoms with Gasteiger partial charge in [-0.05, 0) is 24.6 Å². The Morgan fingerprint density at radius 1 is 1.09 bits per heavy atom. The third-order valence-electron chi connectivity index (χ3n) is 3.46. The summed E-state index contributed by atoms with van der Waals surface area (Å²) in [6, 6.07) is 8.14. The second-order valence-corrected chi connectivity index (χ2v) is 6.00. The van der Waals surface area contributed by atoms with Gasteiger partial charge in [0, 0.05) is 30.1 Å². The first-order valence-corrected chi connectivity index (χ1v) is 8.21. The predicted octanol–water partition coefficient (Wildman–Crippen LogP) is 3.39. The molecule has 1 fully saturated rings. The highest BCUT2D eigenvalue weighted by molar-refractivity contribution is 7.99. The molecule has 0 radical (unpaired) electrons. The first-order chi connectivity index (χ1) is 10.8. The number of ether oxygens (including phenoxy) is 2. The lowest BCUT2D eigenvalue weighted by molar-refractivity contribution is -0.170. The summed E-state index contributed by atoms with van der Waals surface area (Å²) in [6.07, 6.45) is 5.08. The third kappa shape index (κ3) is 3.63. The van der Waals surface area contributed by atoms with Gasteiger partial charge in [0.15, 0.2) is 10.9 Å². The fraction of sp³-hybridized carbons (Fsp3) is 0.375. The molecule has 0 saturated carbocycles. The van der Waals surface area contributed by atoms with Crippen molar-refractivity contribution in [1.82, 2.24) is 9.97 Å². The van der Waals surface area contributed by atoms with E-state index >= 15 is 0 Å². The molecule has 3 rings (SSSR count). The SMILES string of the molecule is Fc1ccc(C2(CCCSc3ncccn3)OCCO2)cc1. The largest absolute Gasteiger partial charge is 0.343 e. The summed E-state index contributed by atoms with van der Waals surface area (Å²) >= 11 is 1.61. The first kappa shape index (κ1) is 15.4. The summed E-state index contributed by atoms with van der Waals surface area (Å²) in [7, 11) is 0. The van der Waals surface area contributed by atoms with E-state index in [1.807, 2.05) is 0 Å². The summed E-state index contributed by atoms with van der Waals surface area (Å²) in [5, 5.41) is 0.770. The van der Waals surface area contributed by atoms with Gasteiger partial charge in [-0.3, -0.25) is 0 Å². The number of nitrogens with zero attached hydrogens (tertiary/aromatic N) is 2. The van der Waals surface area contributed by atoms with Crippen LogP contribution in [-0.4, -0.2) is 28.9 Å². The summed E-state index contributed by atoms with van der Waals surface area (Å²) in [5.41, 5.74) is 0.868. The van der Waals surface area contributed by atoms with Crippen molar-refractivity contribution < 1.29 is 13.9 Å². The highest BCUT2D eigenvalue weighted by Crippen LogP contribution is 2.36. The molecule has 4 nitrogen and oxygen atoms in total. The molecule has 2 aromatic rings. The summed E-state index contributed by atoms with van der Waals surface area (Å²) in [5.74, 6) is -0.125. The van der Waals surface area contributed by atoms with Crippen LogP contribution in [0.1, 0.15) is 18.4 Å². The van der Waals surface area contributed by atoms with Gasteiger partial charge in [-0.15, -0.1) is 0 Å². The Balaban J connectivity index is 1.59. The van der Waals surface area contributed by atoms with Crippen molar-refractivity contribution in [1.29, 1.82) is 0 Å². The molecule has 6 heteroatoms. The molecule has 1 aliphatic rings. The molecule has 1 aromatic heterocycles. The van der Waals surface area contributed by atoms with Crippen LogP contribution in [-0.2, 0) is 15.3 Å². The van der Waals surface area contributed by atoms with Crippen LogP contribution in [0.25, 0.3) is 0 Å². The number of thioether (sulfide) groups is 1. The van der Waals surface area contributed by atoms with E-state index in [9.17, 15) is 4.39 Å². The van der Waals surface area contributed by atoms with Crippen LogP contribution in [0.15, 0.2) is 47.9 Å². The molecule has 0 spiro atoms. The predicted molar refractivity (Wildman–Crippen MR) is 82.0 cm³/mol. The van der Waals surface area contributed by atoms with Gasteiger partial charge in [-0.2, -0.15) is 0 Å². The number of rotatable bonds is 6. The van der Waals surface area contributed by atoms with Gasteiger partial charge in [0.1, 0.15) is 5.82 Å². The zero-order chi connectivity index (χ0) is 15.3. The second kappa shape index (κ2) is 7.17. The summed E-state index contributed by atoms with van der Waals surface area (Å²) < 4.78 is 24.8. The molecule has 0 bridgehead atoms. The van der Waals surface area contributed by atoms with Crippen LogP contribution >= 0.6 is 11.8 Å². The average molecular weight is 320 g/mol. The van der Waals surface area contributed by atoms with Gasteiger partial charge in [0.05, 0.1) is 13.2 Å². The van der Waals surface area contributed by atoms with E-state index in [0.717, 1.165) is 29.3 Å². The third-order valence-corrected chi connectivity index (χ3v) is 4.42. The lowest BCUT2D eigenvalue weighted by Crippen LogP contribution is -2.27. The van der Waals surface area contributed by atoms with E-state index < -0.39 is 5.79 Å². The van der Waals surface area contributed by atoms with Crippen LogP contribution in [0.2, 0.25) is 0 Å². The molecule has 0 N–H and O–H groups in total. The van der Waals surface area contributed by atoms with Crippen molar-refractivity contribution in [2.24, 2.45) is 0 Å². The van der Waals surface area contributed by atoms with Gasteiger partial charge >= 0.3 is 0 Å². The standard InChI is InChI=1S/C16H17FN2O2S/c17-14-5-3-13(4-6-14)16(20-10-11-21-16)7-1-12-22-15-18-8-2-9-19-15/h2-6,8-9H,1,7,10-12H2. The number of aromatic nitrogens is 2. The van der Waals surface area contributed by atoms with E-state index in [2.05, 4.69) is 9.97 Å². The minimum Gasteiger partial charge on any atom is -0.343 e. The molecular weight excluding hydrogens is 303 g/mol. The van der Waals surface area contributed by atoms with E-state index in [4.69, 9.17) is 9.47 Å². The second-order valence-electron chi connectivity index (χ2n) is 4.94. The fourth-order valence-corrected chi connectivity index (χ4v) is 3.18. The molecule has 1 aromatic carbocycles. The quantitative estimate of drug-likeness (QED) is 0.464. The lowest BCUT2D eigenvalue weighted by atomic mass is 10.0. The highest BCUT2D eigenvalue weighted by Gasteiger charge is 2.37. The molecule has 1 aliphatic heterocycles. The maximum Gasteiger partial charge on any atom is 0.195 e. The Morgan fingerprint density at radius 3 is 2.45 bits per heavy atom. The van der Waals surface area contributed by atoms with Gasteiger partial charge in [0.25, 0.3) is 0 Å². The van der Waals surface area contributed by atoms with Crippen molar-refractivity contribution in [2.45, 2.75) is 23.8 Å². The lowest BCUT2D eigenvalue weighted by Gasteiger charge is -2.27. The van der Waals surface area contributed by atoms with Gasteiger partial charge in [0.2, 0.25) is 0 Å². The molecule has 0 amide bonds. The Kier molecular flexibility index (Phi) is 5.02. The average Bonchev–Trinajstić information content (AvgIpc) is 3.03. The van der Waals surface area contributed by atoms with Crippen molar-refractivity contribution >= 4 is 11.8 Å². The smallest absolute Gasteiger partial charge is 0.195 e. The van der Waals surface area contributed by atoms with Crippen molar-refractivity contribution in [3.63, 3.8) is 0 Å². The van der Waals surface area contributed by atoms with Crippen molar-refractivity contribution in [3.05, 3.63) is 54.1 Å². The molecule has 0 atom stereocenters. The molecule has 0 unspecified atom stereocenters. The maximum absolute atomic E-state index is 13.1. The van der Waals surface area contributed by atoms with Crippen LogP contribution in [0.5, 0.6) is 0 Å². The Hall–Kier alpha value is -1.50. The maximum atomic E-state index is 13.1. The monoisotopic (exact) mass is 320 g/mol. The molecule has 2 heterocycles. The first-order valence-electron chi connectivity index (χ1n) is 7.22. The van der Waals surface area contributed by atoms with Crippen LogP contribution in [0.3, 0.4) is 0 Å². The number of halogens is 1. The Morgan fingerprint density at radius 2 is 1.77 bits per heavy atom. The molecule has 22 heavy (non-hydrogen) atoms. The zero-order valence-corrected chi connectivity index (χ0v) is 12.9. The minimum atomic E-state index is -0.744. The van der Waals surface area contributed by atoms with E-state index in [-0.39, 0.29) is 5.82 Å². The van der Waals surface area contributed by atoms with E-state index in [1.165, 1.54) is 12.1 Å². The highest BCUT2D eigenvalue weighted by atomic mass is 32.2. The molecule has 116 valence electrons. The summed E-state index contributed by atoms with van der Waals surface area (Å²) in [6.45, 7) is 1.12. The summed E-state index contributed by atoms with van der Waals surface area (Å²) in [4.78, 5) is 8.36. The minimum absolute atomic E-state index is 0.256. The van der Waals surface area contributed by atoms with E-state index in [0.29, 0.717) is 13.2 Å². The number of hydrogen-bond acceptors (Lipinski definition) is 5.